The summed E-state index contributed by atoms with van der Waals surface area (Å²) in [6, 6.07) is 8.11. The van der Waals surface area contributed by atoms with Gasteiger partial charge in [0, 0.05) is 6.54 Å². The molecule has 1 N–H and O–H groups in total. The Morgan fingerprint density at radius 3 is 2.48 bits per heavy atom. The van der Waals surface area contributed by atoms with E-state index in [0.29, 0.717) is 12.0 Å². The van der Waals surface area contributed by atoms with E-state index in [9.17, 15) is 18.4 Å². The molecule has 0 atom stereocenters. The zero-order chi connectivity index (χ0) is 18.4. The van der Waals surface area contributed by atoms with E-state index in [1.54, 1.807) is 18.2 Å². The summed E-state index contributed by atoms with van der Waals surface area (Å²) in [4.78, 5) is 23.5. The molecule has 0 bridgehead atoms. The molecule has 1 amide bonds. The fourth-order valence-electron chi connectivity index (χ4n) is 1.98. The molecular formula is C17H13Cl2F2NO3. The molecule has 0 saturated heterocycles. The van der Waals surface area contributed by atoms with Crippen molar-refractivity contribution in [3.8, 4) is 0 Å². The summed E-state index contributed by atoms with van der Waals surface area (Å²) in [6.45, 7) is -0.398. The molecule has 0 radical (unpaired) electrons. The molecule has 25 heavy (non-hydrogen) atoms. The van der Waals surface area contributed by atoms with Crippen LogP contribution in [0.3, 0.4) is 0 Å². The molecule has 4 nitrogen and oxygen atoms in total. The van der Waals surface area contributed by atoms with E-state index in [1.807, 2.05) is 0 Å². The molecule has 0 heterocycles. The van der Waals surface area contributed by atoms with Gasteiger partial charge in [-0.05, 0) is 30.2 Å². The highest BCUT2D eigenvalue weighted by Gasteiger charge is 2.16. The van der Waals surface area contributed by atoms with E-state index >= 15 is 0 Å². The number of benzene rings is 2. The largest absolute Gasteiger partial charge is 0.452 e. The number of nitrogens with one attached hydrogen (secondary N) is 1. The first-order valence-corrected chi connectivity index (χ1v) is 7.96. The molecule has 0 fully saturated rings. The smallest absolute Gasteiger partial charge is 0.340 e. The van der Waals surface area contributed by atoms with Crippen molar-refractivity contribution < 1.29 is 23.1 Å². The van der Waals surface area contributed by atoms with Crippen LogP contribution in [0.4, 0.5) is 8.78 Å². The number of carbonyl (C=O) groups excluding carboxylic acids is 2. The molecule has 2 rings (SSSR count). The van der Waals surface area contributed by atoms with E-state index < -0.39 is 24.3 Å². The Morgan fingerprint density at radius 2 is 1.76 bits per heavy atom. The minimum atomic E-state index is -0.954. The Bertz CT molecular complexity index is 799. The fourth-order valence-corrected chi connectivity index (χ4v) is 2.44. The maximum atomic E-state index is 13.4. The zero-order valence-corrected chi connectivity index (χ0v) is 14.3. The first-order chi connectivity index (χ1) is 11.9. The summed E-state index contributed by atoms with van der Waals surface area (Å²) in [7, 11) is 0. The number of halogens is 4. The van der Waals surface area contributed by atoms with E-state index in [-0.39, 0.29) is 28.0 Å². The second kappa shape index (κ2) is 8.78. The number of esters is 1. The molecule has 0 aliphatic rings. The van der Waals surface area contributed by atoms with Crippen molar-refractivity contribution in [2.75, 3.05) is 13.2 Å². The van der Waals surface area contributed by atoms with Gasteiger partial charge in [-0.25, -0.2) is 13.6 Å². The van der Waals surface area contributed by atoms with Gasteiger partial charge in [-0.3, -0.25) is 4.79 Å². The summed E-state index contributed by atoms with van der Waals surface area (Å²) in [6.07, 6.45) is 0.292. The Hall–Kier alpha value is -2.18. The quantitative estimate of drug-likeness (QED) is 0.605. The second-order valence-electron chi connectivity index (χ2n) is 5.01. The average molecular weight is 388 g/mol. The number of rotatable bonds is 6. The highest BCUT2D eigenvalue weighted by molar-refractivity contribution is 6.36. The molecule has 0 aliphatic carbocycles. The molecule has 2 aromatic rings. The molecule has 0 aliphatic heterocycles. The zero-order valence-electron chi connectivity index (χ0n) is 12.8. The number of ether oxygens (including phenoxy) is 1. The van der Waals surface area contributed by atoms with Crippen LogP contribution < -0.4 is 5.32 Å². The van der Waals surface area contributed by atoms with Crippen LogP contribution in [0.25, 0.3) is 0 Å². The average Bonchev–Trinajstić information content (AvgIpc) is 2.57. The predicted octanol–water partition coefficient (Wildman–Crippen LogP) is 3.79. The summed E-state index contributed by atoms with van der Waals surface area (Å²) < 4.78 is 31.6. The van der Waals surface area contributed by atoms with Crippen LogP contribution >= 0.6 is 23.2 Å². The molecule has 0 saturated carbocycles. The van der Waals surface area contributed by atoms with E-state index in [1.165, 1.54) is 6.07 Å². The van der Waals surface area contributed by atoms with Gasteiger partial charge in [0.05, 0.1) is 15.6 Å². The summed E-state index contributed by atoms with van der Waals surface area (Å²) in [5, 5.41) is 2.17. The lowest BCUT2D eigenvalue weighted by atomic mass is 10.1. The molecule has 8 heteroatoms. The first kappa shape index (κ1) is 19.1. The van der Waals surface area contributed by atoms with Crippen LogP contribution in [0.2, 0.25) is 10.0 Å². The molecule has 0 unspecified atom stereocenters. The fraction of sp³-hybridized carbons (Fsp3) is 0.176. The van der Waals surface area contributed by atoms with Crippen molar-refractivity contribution in [3.63, 3.8) is 0 Å². The van der Waals surface area contributed by atoms with Gasteiger partial charge in [0.2, 0.25) is 0 Å². The van der Waals surface area contributed by atoms with Crippen molar-refractivity contribution in [2.24, 2.45) is 0 Å². The predicted molar refractivity (Wildman–Crippen MR) is 89.8 cm³/mol. The third-order valence-electron chi connectivity index (χ3n) is 3.24. The number of hydrogen-bond acceptors (Lipinski definition) is 3. The third kappa shape index (κ3) is 5.41. The standard InChI is InChI=1S/C17H13Cl2F2NO3/c18-12-8-13(19)15(21)7-11(12)17(24)25-9-16(23)22-6-5-10-3-1-2-4-14(10)20/h1-4,7-8H,5-6,9H2,(H,22,23). The Balaban J connectivity index is 1.81. The SMILES string of the molecule is O=C(COC(=O)c1cc(F)c(Cl)cc1Cl)NCCc1ccccc1F. The normalized spacial score (nSPS) is 10.4. The minimum Gasteiger partial charge on any atom is -0.452 e. The second-order valence-corrected chi connectivity index (χ2v) is 5.83. The van der Waals surface area contributed by atoms with E-state index in [2.05, 4.69) is 5.32 Å². The molecule has 0 spiro atoms. The summed E-state index contributed by atoms with van der Waals surface area (Å²) in [5.41, 5.74) is 0.228. The third-order valence-corrected chi connectivity index (χ3v) is 3.84. The van der Waals surface area contributed by atoms with Crippen molar-refractivity contribution in [1.82, 2.24) is 5.32 Å². The van der Waals surface area contributed by atoms with Gasteiger partial charge in [0.25, 0.3) is 5.91 Å². The van der Waals surface area contributed by atoms with Crippen LogP contribution in [0, 0.1) is 11.6 Å². The van der Waals surface area contributed by atoms with Gasteiger partial charge in [-0.1, -0.05) is 41.4 Å². The molecule has 0 aromatic heterocycles. The lowest BCUT2D eigenvalue weighted by Gasteiger charge is -2.08. The van der Waals surface area contributed by atoms with Crippen molar-refractivity contribution >= 4 is 35.1 Å². The lowest BCUT2D eigenvalue weighted by Crippen LogP contribution is -2.30. The number of amides is 1. The maximum absolute atomic E-state index is 13.4. The van der Waals surface area contributed by atoms with Gasteiger partial charge in [0.15, 0.2) is 6.61 Å². The first-order valence-electron chi connectivity index (χ1n) is 7.20. The van der Waals surface area contributed by atoms with E-state index in [4.69, 9.17) is 27.9 Å². The van der Waals surface area contributed by atoms with Crippen LogP contribution in [-0.4, -0.2) is 25.0 Å². The summed E-state index contributed by atoms with van der Waals surface area (Å²) in [5.74, 6) is -2.71. The minimum absolute atomic E-state index is 0.0867. The van der Waals surface area contributed by atoms with Gasteiger partial charge >= 0.3 is 5.97 Å². The van der Waals surface area contributed by atoms with Crippen LogP contribution in [0.5, 0.6) is 0 Å². The van der Waals surface area contributed by atoms with Gasteiger partial charge < -0.3 is 10.1 Å². The van der Waals surface area contributed by atoms with Gasteiger partial charge in [-0.15, -0.1) is 0 Å². The van der Waals surface area contributed by atoms with Crippen LogP contribution in [0.1, 0.15) is 15.9 Å². The highest BCUT2D eigenvalue weighted by atomic mass is 35.5. The Labute approximate surface area is 152 Å². The topological polar surface area (TPSA) is 55.4 Å². The molecular weight excluding hydrogens is 375 g/mol. The van der Waals surface area contributed by atoms with Crippen molar-refractivity contribution in [2.45, 2.75) is 6.42 Å². The Kier molecular flexibility index (Phi) is 6.73. The molecule has 2 aromatic carbocycles. The van der Waals surface area contributed by atoms with Crippen LogP contribution in [-0.2, 0) is 16.0 Å². The van der Waals surface area contributed by atoms with Gasteiger partial charge in [-0.2, -0.15) is 0 Å². The van der Waals surface area contributed by atoms with Crippen molar-refractivity contribution in [1.29, 1.82) is 0 Å². The number of hydrogen-bond donors (Lipinski definition) is 1. The Morgan fingerprint density at radius 1 is 1.04 bits per heavy atom. The lowest BCUT2D eigenvalue weighted by molar-refractivity contribution is -0.124. The monoisotopic (exact) mass is 387 g/mol. The van der Waals surface area contributed by atoms with Crippen LogP contribution in [0.15, 0.2) is 36.4 Å². The van der Waals surface area contributed by atoms with Crippen molar-refractivity contribution in [3.05, 3.63) is 69.2 Å². The maximum Gasteiger partial charge on any atom is 0.340 e. The summed E-state index contributed by atoms with van der Waals surface area (Å²) >= 11 is 11.3. The van der Waals surface area contributed by atoms with E-state index in [0.717, 1.165) is 12.1 Å². The number of carbonyl (C=O) groups is 2. The van der Waals surface area contributed by atoms with Gasteiger partial charge in [0.1, 0.15) is 11.6 Å². The molecule has 132 valence electrons. The highest BCUT2D eigenvalue weighted by Crippen LogP contribution is 2.24.